The minimum Gasteiger partial charge on any atom is -0.497 e. The van der Waals surface area contributed by atoms with Crippen molar-refractivity contribution in [2.24, 2.45) is 11.7 Å². The molecule has 2 N–H and O–H groups in total. The Balaban J connectivity index is 1.98. The first-order valence-corrected chi connectivity index (χ1v) is 5.77. The van der Waals surface area contributed by atoms with Crippen LogP contribution in [0.15, 0.2) is 24.3 Å². The predicted molar refractivity (Wildman–Crippen MR) is 63.5 cm³/mol. The number of benzene rings is 1. The molecule has 0 amide bonds. The monoisotopic (exact) mass is 221 g/mol. The van der Waals surface area contributed by atoms with Crippen molar-refractivity contribution >= 4 is 0 Å². The first-order chi connectivity index (χ1) is 7.79. The van der Waals surface area contributed by atoms with E-state index in [1.807, 2.05) is 18.2 Å². The van der Waals surface area contributed by atoms with Gasteiger partial charge < -0.3 is 15.2 Å². The maximum Gasteiger partial charge on any atom is 0.119 e. The summed E-state index contributed by atoms with van der Waals surface area (Å²) in [6, 6.07) is 8.08. The molecular formula is C13H19NO2. The van der Waals surface area contributed by atoms with Gasteiger partial charge in [-0.25, -0.2) is 0 Å². The van der Waals surface area contributed by atoms with Crippen molar-refractivity contribution in [2.75, 3.05) is 20.3 Å². The first kappa shape index (κ1) is 11.4. The van der Waals surface area contributed by atoms with Crippen molar-refractivity contribution in [1.29, 1.82) is 0 Å². The van der Waals surface area contributed by atoms with Crippen LogP contribution in [0, 0.1) is 5.92 Å². The van der Waals surface area contributed by atoms with Gasteiger partial charge in [-0.05, 0) is 36.5 Å². The quantitative estimate of drug-likeness (QED) is 0.847. The van der Waals surface area contributed by atoms with Gasteiger partial charge in [-0.2, -0.15) is 0 Å². The molecule has 0 aromatic heterocycles. The molecule has 2 atom stereocenters. The van der Waals surface area contributed by atoms with Gasteiger partial charge in [-0.3, -0.25) is 0 Å². The third-order valence-electron chi connectivity index (χ3n) is 3.13. The molecule has 1 aliphatic rings. The van der Waals surface area contributed by atoms with E-state index in [9.17, 15) is 0 Å². The SMILES string of the molecule is COc1cccc(C(N)CC2CCOC2)c1. The lowest BCUT2D eigenvalue weighted by molar-refractivity contribution is 0.182. The highest BCUT2D eigenvalue weighted by molar-refractivity contribution is 5.30. The van der Waals surface area contributed by atoms with Crippen molar-refractivity contribution in [2.45, 2.75) is 18.9 Å². The Bertz CT molecular complexity index is 334. The average molecular weight is 221 g/mol. The van der Waals surface area contributed by atoms with E-state index in [2.05, 4.69) is 6.07 Å². The molecule has 0 spiro atoms. The van der Waals surface area contributed by atoms with Crippen LogP contribution in [0.25, 0.3) is 0 Å². The third kappa shape index (κ3) is 2.74. The smallest absolute Gasteiger partial charge is 0.119 e. The van der Waals surface area contributed by atoms with Crippen LogP contribution in [-0.2, 0) is 4.74 Å². The van der Waals surface area contributed by atoms with E-state index in [0.29, 0.717) is 5.92 Å². The number of ether oxygens (including phenoxy) is 2. The van der Waals surface area contributed by atoms with E-state index in [1.165, 1.54) is 0 Å². The van der Waals surface area contributed by atoms with Crippen molar-refractivity contribution < 1.29 is 9.47 Å². The zero-order valence-corrected chi connectivity index (χ0v) is 9.69. The first-order valence-electron chi connectivity index (χ1n) is 5.77. The van der Waals surface area contributed by atoms with Gasteiger partial charge in [0.25, 0.3) is 0 Å². The molecule has 0 radical (unpaired) electrons. The average Bonchev–Trinajstić information content (AvgIpc) is 2.82. The molecule has 3 nitrogen and oxygen atoms in total. The Morgan fingerprint density at radius 1 is 1.56 bits per heavy atom. The maximum atomic E-state index is 6.19. The molecule has 0 saturated carbocycles. The lowest BCUT2D eigenvalue weighted by Gasteiger charge is -2.16. The van der Waals surface area contributed by atoms with Crippen LogP contribution in [0.4, 0.5) is 0 Å². The van der Waals surface area contributed by atoms with Gasteiger partial charge in [0.2, 0.25) is 0 Å². The third-order valence-corrected chi connectivity index (χ3v) is 3.13. The molecule has 1 aliphatic heterocycles. The van der Waals surface area contributed by atoms with E-state index in [4.69, 9.17) is 15.2 Å². The van der Waals surface area contributed by atoms with Crippen LogP contribution in [0.2, 0.25) is 0 Å². The molecule has 88 valence electrons. The number of nitrogens with two attached hydrogens (primary N) is 1. The van der Waals surface area contributed by atoms with Crippen molar-refractivity contribution in [1.82, 2.24) is 0 Å². The Labute approximate surface area is 96.5 Å². The van der Waals surface area contributed by atoms with Gasteiger partial charge >= 0.3 is 0 Å². The van der Waals surface area contributed by atoms with Gasteiger partial charge in [0, 0.05) is 19.3 Å². The second-order valence-electron chi connectivity index (χ2n) is 4.35. The zero-order chi connectivity index (χ0) is 11.4. The Morgan fingerprint density at radius 3 is 3.12 bits per heavy atom. The normalized spacial score (nSPS) is 22.0. The Kier molecular flexibility index (Phi) is 3.80. The van der Waals surface area contributed by atoms with E-state index >= 15 is 0 Å². The summed E-state index contributed by atoms with van der Waals surface area (Å²) in [7, 11) is 1.68. The highest BCUT2D eigenvalue weighted by atomic mass is 16.5. The molecule has 1 aromatic rings. The Morgan fingerprint density at radius 2 is 2.44 bits per heavy atom. The molecular weight excluding hydrogens is 202 g/mol. The van der Waals surface area contributed by atoms with Crippen LogP contribution in [0.3, 0.4) is 0 Å². The van der Waals surface area contributed by atoms with E-state index in [-0.39, 0.29) is 6.04 Å². The highest BCUT2D eigenvalue weighted by Gasteiger charge is 2.19. The van der Waals surface area contributed by atoms with Gasteiger partial charge in [-0.15, -0.1) is 0 Å². The van der Waals surface area contributed by atoms with Gasteiger partial charge in [0.1, 0.15) is 5.75 Å². The fourth-order valence-electron chi connectivity index (χ4n) is 2.14. The van der Waals surface area contributed by atoms with Crippen LogP contribution in [0.1, 0.15) is 24.4 Å². The summed E-state index contributed by atoms with van der Waals surface area (Å²) in [6.07, 6.45) is 2.13. The van der Waals surface area contributed by atoms with Crippen LogP contribution in [-0.4, -0.2) is 20.3 Å². The van der Waals surface area contributed by atoms with E-state index < -0.39 is 0 Å². The minimum atomic E-state index is 0.0850. The largest absolute Gasteiger partial charge is 0.497 e. The second-order valence-corrected chi connectivity index (χ2v) is 4.35. The molecule has 2 rings (SSSR count). The maximum absolute atomic E-state index is 6.19. The highest BCUT2D eigenvalue weighted by Crippen LogP contribution is 2.26. The molecule has 3 heteroatoms. The van der Waals surface area contributed by atoms with Gasteiger partial charge in [0.05, 0.1) is 7.11 Å². The second kappa shape index (κ2) is 5.32. The van der Waals surface area contributed by atoms with Crippen LogP contribution in [0.5, 0.6) is 5.75 Å². The van der Waals surface area contributed by atoms with E-state index in [1.54, 1.807) is 7.11 Å². The van der Waals surface area contributed by atoms with Crippen LogP contribution < -0.4 is 10.5 Å². The lowest BCUT2D eigenvalue weighted by atomic mass is 9.95. The lowest BCUT2D eigenvalue weighted by Crippen LogP contribution is -2.15. The standard InChI is InChI=1S/C13H19NO2/c1-15-12-4-2-3-11(8-12)13(14)7-10-5-6-16-9-10/h2-4,8,10,13H,5-7,9,14H2,1H3. The van der Waals surface area contributed by atoms with E-state index in [0.717, 1.165) is 37.4 Å². The Hall–Kier alpha value is -1.06. The molecule has 1 aromatic carbocycles. The molecule has 0 bridgehead atoms. The summed E-state index contributed by atoms with van der Waals surface area (Å²) in [5.74, 6) is 1.48. The van der Waals surface area contributed by atoms with Gasteiger partial charge in [0.15, 0.2) is 0 Å². The zero-order valence-electron chi connectivity index (χ0n) is 9.69. The van der Waals surface area contributed by atoms with Crippen LogP contribution >= 0.6 is 0 Å². The summed E-state index contributed by atoms with van der Waals surface area (Å²) in [5.41, 5.74) is 7.33. The van der Waals surface area contributed by atoms with Crippen molar-refractivity contribution in [3.8, 4) is 5.75 Å². The number of hydrogen-bond acceptors (Lipinski definition) is 3. The van der Waals surface area contributed by atoms with Gasteiger partial charge in [-0.1, -0.05) is 12.1 Å². The minimum absolute atomic E-state index is 0.0850. The number of rotatable bonds is 4. The summed E-state index contributed by atoms with van der Waals surface area (Å²) in [6.45, 7) is 1.74. The summed E-state index contributed by atoms with van der Waals surface area (Å²) < 4.78 is 10.6. The molecule has 0 aliphatic carbocycles. The number of hydrogen-bond donors (Lipinski definition) is 1. The summed E-state index contributed by atoms with van der Waals surface area (Å²) >= 11 is 0. The van der Waals surface area contributed by atoms with Crippen molar-refractivity contribution in [3.05, 3.63) is 29.8 Å². The predicted octanol–water partition coefficient (Wildman–Crippen LogP) is 2.12. The molecule has 16 heavy (non-hydrogen) atoms. The summed E-state index contributed by atoms with van der Waals surface area (Å²) in [5, 5.41) is 0. The van der Waals surface area contributed by atoms with Crippen molar-refractivity contribution in [3.63, 3.8) is 0 Å². The summed E-state index contributed by atoms with van der Waals surface area (Å²) in [4.78, 5) is 0. The molecule has 1 heterocycles. The fourth-order valence-corrected chi connectivity index (χ4v) is 2.14. The molecule has 1 saturated heterocycles. The number of methoxy groups -OCH3 is 1. The molecule has 1 fully saturated rings. The fraction of sp³-hybridized carbons (Fsp3) is 0.538. The topological polar surface area (TPSA) is 44.5 Å². The molecule has 2 unspecified atom stereocenters.